The molecule has 20 heavy (non-hydrogen) atoms. The zero-order valence-corrected chi connectivity index (χ0v) is 13.4. The number of ether oxygens (including phenoxy) is 1. The Labute approximate surface area is 124 Å². The molecule has 116 valence electrons. The highest BCUT2D eigenvalue weighted by Crippen LogP contribution is 2.32. The Morgan fingerprint density at radius 2 is 1.95 bits per heavy atom. The molecule has 3 rings (SSSR count). The molecule has 1 aliphatic carbocycles. The predicted molar refractivity (Wildman–Crippen MR) is 82.9 cm³/mol. The average Bonchev–Trinajstić information content (AvgIpc) is 2.92. The summed E-state index contributed by atoms with van der Waals surface area (Å²) < 4.78 is 5.59. The van der Waals surface area contributed by atoms with E-state index in [1.807, 2.05) is 0 Å². The van der Waals surface area contributed by atoms with Crippen LogP contribution in [0.1, 0.15) is 52.4 Å². The van der Waals surface area contributed by atoms with Gasteiger partial charge in [0, 0.05) is 37.8 Å². The van der Waals surface area contributed by atoms with Gasteiger partial charge in [-0.2, -0.15) is 0 Å². The van der Waals surface area contributed by atoms with E-state index in [9.17, 15) is 0 Å². The predicted octanol–water partition coefficient (Wildman–Crippen LogP) is 2.66. The largest absolute Gasteiger partial charge is 0.381 e. The quantitative estimate of drug-likeness (QED) is 0.860. The number of hydrogen-bond donors (Lipinski definition) is 1. The van der Waals surface area contributed by atoms with Crippen LogP contribution in [0.3, 0.4) is 0 Å². The van der Waals surface area contributed by atoms with Crippen molar-refractivity contribution in [3.05, 3.63) is 0 Å². The second kappa shape index (κ2) is 6.33. The molecule has 0 amide bonds. The van der Waals surface area contributed by atoms with Crippen molar-refractivity contribution in [2.45, 2.75) is 64.0 Å². The molecule has 1 saturated carbocycles. The van der Waals surface area contributed by atoms with Crippen LogP contribution in [0.25, 0.3) is 0 Å². The molecule has 2 saturated heterocycles. The van der Waals surface area contributed by atoms with Gasteiger partial charge in [-0.25, -0.2) is 0 Å². The van der Waals surface area contributed by atoms with Crippen molar-refractivity contribution in [3.63, 3.8) is 0 Å². The van der Waals surface area contributed by atoms with E-state index in [-0.39, 0.29) is 5.54 Å². The normalized spacial score (nSPS) is 36.3. The second-order valence-electron chi connectivity index (χ2n) is 7.89. The molecule has 2 unspecified atom stereocenters. The van der Waals surface area contributed by atoms with Gasteiger partial charge in [-0.1, -0.05) is 19.3 Å². The van der Waals surface area contributed by atoms with Crippen LogP contribution >= 0.6 is 0 Å². The number of piperazine rings is 1. The van der Waals surface area contributed by atoms with Gasteiger partial charge in [0.2, 0.25) is 0 Å². The van der Waals surface area contributed by atoms with Crippen molar-refractivity contribution in [2.24, 2.45) is 11.8 Å². The smallest absolute Gasteiger partial charge is 0.0507 e. The molecule has 2 aliphatic heterocycles. The minimum atomic E-state index is 0.268. The summed E-state index contributed by atoms with van der Waals surface area (Å²) in [5, 5.41) is 3.79. The van der Waals surface area contributed by atoms with Crippen LogP contribution in [-0.4, -0.2) is 49.3 Å². The van der Waals surface area contributed by atoms with Crippen LogP contribution in [0.4, 0.5) is 0 Å². The number of nitrogens with one attached hydrogen (secondary N) is 1. The summed E-state index contributed by atoms with van der Waals surface area (Å²) in [5.74, 6) is 1.70. The first kappa shape index (κ1) is 14.8. The van der Waals surface area contributed by atoms with Crippen molar-refractivity contribution in [2.75, 3.05) is 32.8 Å². The number of hydrogen-bond acceptors (Lipinski definition) is 3. The molecule has 3 heteroatoms. The third kappa shape index (κ3) is 3.55. The van der Waals surface area contributed by atoms with Gasteiger partial charge in [0.05, 0.1) is 6.61 Å². The molecule has 0 aromatic heterocycles. The van der Waals surface area contributed by atoms with Crippen molar-refractivity contribution >= 4 is 0 Å². The first-order valence-electron chi connectivity index (χ1n) is 8.71. The van der Waals surface area contributed by atoms with Gasteiger partial charge >= 0.3 is 0 Å². The summed E-state index contributed by atoms with van der Waals surface area (Å²) in [7, 11) is 0. The minimum absolute atomic E-state index is 0.268. The summed E-state index contributed by atoms with van der Waals surface area (Å²) in [6, 6.07) is 0.768. The third-order valence-corrected chi connectivity index (χ3v) is 5.57. The summed E-state index contributed by atoms with van der Waals surface area (Å²) in [6.45, 7) is 10.3. The van der Waals surface area contributed by atoms with Crippen molar-refractivity contribution < 1.29 is 4.74 Å². The maximum absolute atomic E-state index is 5.59. The summed E-state index contributed by atoms with van der Waals surface area (Å²) >= 11 is 0. The van der Waals surface area contributed by atoms with E-state index in [1.54, 1.807) is 0 Å². The Morgan fingerprint density at radius 3 is 2.65 bits per heavy atom. The zero-order chi connectivity index (χ0) is 14.0. The Hall–Kier alpha value is -0.120. The number of rotatable bonds is 3. The molecule has 0 spiro atoms. The Morgan fingerprint density at radius 1 is 1.15 bits per heavy atom. The topological polar surface area (TPSA) is 24.5 Å². The standard InChI is InChI=1S/C17H32N2O/c1-17(2)13-19(11-14-8-9-20-12-14)16(10-18-17)15-6-4-3-5-7-15/h14-16,18H,3-13H2,1-2H3. The third-order valence-electron chi connectivity index (χ3n) is 5.57. The molecule has 3 fully saturated rings. The fourth-order valence-corrected chi connectivity index (χ4v) is 4.43. The molecular weight excluding hydrogens is 248 g/mol. The van der Waals surface area contributed by atoms with Crippen molar-refractivity contribution in [3.8, 4) is 0 Å². The van der Waals surface area contributed by atoms with E-state index in [4.69, 9.17) is 4.74 Å². The van der Waals surface area contributed by atoms with Crippen LogP contribution in [-0.2, 0) is 4.74 Å². The van der Waals surface area contributed by atoms with Crippen molar-refractivity contribution in [1.29, 1.82) is 0 Å². The first-order valence-corrected chi connectivity index (χ1v) is 8.71. The summed E-state index contributed by atoms with van der Waals surface area (Å²) in [6.07, 6.45) is 8.52. The molecule has 0 bridgehead atoms. The van der Waals surface area contributed by atoms with Crippen LogP contribution in [0.5, 0.6) is 0 Å². The van der Waals surface area contributed by atoms with Crippen LogP contribution < -0.4 is 5.32 Å². The van der Waals surface area contributed by atoms with Crippen LogP contribution in [0, 0.1) is 11.8 Å². The van der Waals surface area contributed by atoms with E-state index >= 15 is 0 Å². The molecule has 0 aromatic carbocycles. The molecule has 2 atom stereocenters. The van der Waals surface area contributed by atoms with E-state index in [0.29, 0.717) is 0 Å². The lowest BCUT2D eigenvalue weighted by atomic mass is 9.81. The highest BCUT2D eigenvalue weighted by atomic mass is 16.5. The van der Waals surface area contributed by atoms with Gasteiger partial charge in [-0.3, -0.25) is 4.90 Å². The van der Waals surface area contributed by atoms with Crippen LogP contribution in [0.15, 0.2) is 0 Å². The minimum Gasteiger partial charge on any atom is -0.381 e. The maximum Gasteiger partial charge on any atom is 0.0507 e. The maximum atomic E-state index is 5.59. The van der Waals surface area contributed by atoms with Gasteiger partial charge in [-0.05, 0) is 44.9 Å². The fraction of sp³-hybridized carbons (Fsp3) is 1.00. The molecule has 0 aromatic rings. The molecule has 3 nitrogen and oxygen atoms in total. The van der Waals surface area contributed by atoms with Gasteiger partial charge in [0.1, 0.15) is 0 Å². The van der Waals surface area contributed by atoms with Gasteiger partial charge in [0.25, 0.3) is 0 Å². The number of nitrogens with zero attached hydrogens (tertiary/aromatic N) is 1. The molecule has 3 aliphatic rings. The average molecular weight is 280 g/mol. The highest BCUT2D eigenvalue weighted by molar-refractivity contribution is 4.96. The van der Waals surface area contributed by atoms with Crippen molar-refractivity contribution in [1.82, 2.24) is 10.2 Å². The summed E-state index contributed by atoms with van der Waals surface area (Å²) in [5.41, 5.74) is 0.268. The Bertz CT molecular complexity index is 306. The molecular formula is C17H32N2O. The Kier molecular flexibility index (Phi) is 4.68. The zero-order valence-electron chi connectivity index (χ0n) is 13.4. The van der Waals surface area contributed by atoms with Crippen LogP contribution in [0.2, 0.25) is 0 Å². The van der Waals surface area contributed by atoms with E-state index in [2.05, 4.69) is 24.1 Å². The lowest BCUT2D eigenvalue weighted by Gasteiger charge is -2.49. The lowest BCUT2D eigenvalue weighted by molar-refractivity contribution is 0.0342. The molecule has 1 N–H and O–H groups in total. The molecule has 2 heterocycles. The monoisotopic (exact) mass is 280 g/mol. The van der Waals surface area contributed by atoms with Gasteiger partial charge < -0.3 is 10.1 Å². The van der Waals surface area contributed by atoms with E-state index in [1.165, 1.54) is 58.2 Å². The Balaban J connectivity index is 1.65. The first-order chi connectivity index (χ1) is 9.64. The van der Waals surface area contributed by atoms with Gasteiger partial charge in [-0.15, -0.1) is 0 Å². The fourth-order valence-electron chi connectivity index (χ4n) is 4.43. The van der Waals surface area contributed by atoms with E-state index in [0.717, 1.165) is 31.1 Å². The lowest BCUT2D eigenvalue weighted by Crippen LogP contribution is -2.64. The molecule has 0 radical (unpaired) electrons. The summed E-state index contributed by atoms with van der Waals surface area (Å²) in [4.78, 5) is 2.81. The highest BCUT2D eigenvalue weighted by Gasteiger charge is 2.38. The second-order valence-corrected chi connectivity index (χ2v) is 7.89. The van der Waals surface area contributed by atoms with E-state index < -0.39 is 0 Å². The van der Waals surface area contributed by atoms with Gasteiger partial charge in [0.15, 0.2) is 0 Å². The SMILES string of the molecule is CC1(C)CN(CC2CCOC2)C(C2CCCCC2)CN1.